The normalized spacial score (nSPS) is 22.1. The van der Waals surface area contributed by atoms with Crippen molar-refractivity contribution in [2.24, 2.45) is 0 Å². The molecule has 0 aromatic heterocycles. The zero-order chi connectivity index (χ0) is 13.7. The maximum Gasteiger partial charge on any atom is 0.306 e. The predicted octanol–water partition coefficient (Wildman–Crippen LogP) is 2.31. The van der Waals surface area contributed by atoms with Crippen molar-refractivity contribution in [3.63, 3.8) is 0 Å². The number of aliphatic carboxylic acids is 1. The predicted molar refractivity (Wildman–Crippen MR) is 73.0 cm³/mol. The van der Waals surface area contributed by atoms with Crippen LogP contribution in [0.15, 0.2) is 30.3 Å². The molecule has 0 amide bonds. The van der Waals surface area contributed by atoms with Crippen LogP contribution in [0, 0.1) is 0 Å². The summed E-state index contributed by atoms with van der Waals surface area (Å²) < 4.78 is 5.53. The second-order valence-corrected chi connectivity index (χ2v) is 4.92. The van der Waals surface area contributed by atoms with Gasteiger partial charge in [0.25, 0.3) is 0 Å². The molecule has 1 aromatic carbocycles. The Morgan fingerprint density at radius 2 is 2.21 bits per heavy atom. The minimum absolute atomic E-state index is 0.0850. The lowest BCUT2D eigenvalue weighted by molar-refractivity contribution is -0.142. The number of carboxylic acid groups (broad SMARTS) is 1. The minimum atomic E-state index is -0.792. The van der Waals surface area contributed by atoms with E-state index in [9.17, 15) is 4.79 Å². The van der Waals surface area contributed by atoms with Gasteiger partial charge in [0.15, 0.2) is 0 Å². The Hall–Kier alpha value is -1.39. The Labute approximate surface area is 114 Å². The molecule has 1 aliphatic rings. The number of nitrogens with zero attached hydrogens (tertiary/aromatic N) is 1. The molecule has 19 heavy (non-hydrogen) atoms. The highest BCUT2D eigenvalue weighted by Crippen LogP contribution is 2.26. The largest absolute Gasteiger partial charge is 0.481 e. The van der Waals surface area contributed by atoms with Gasteiger partial charge < -0.3 is 9.84 Å². The number of hydrogen-bond donors (Lipinski definition) is 1. The average molecular weight is 263 g/mol. The Balaban J connectivity index is 2.04. The van der Waals surface area contributed by atoms with Crippen LogP contribution in [0.4, 0.5) is 0 Å². The van der Waals surface area contributed by atoms with Crippen LogP contribution in [0.2, 0.25) is 0 Å². The lowest BCUT2D eigenvalue weighted by atomic mass is 10.0. The molecule has 1 fully saturated rings. The molecule has 2 rings (SSSR count). The van der Waals surface area contributed by atoms with Gasteiger partial charge in [0.05, 0.1) is 19.1 Å². The van der Waals surface area contributed by atoms with E-state index in [0.29, 0.717) is 19.2 Å². The van der Waals surface area contributed by atoms with E-state index in [1.165, 1.54) is 5.56 Å². The number of carboxylic acids is 1. The quantitative estimate of drug-likeness (QED) is 0.885. The minimum Gasteiger partial charge on any atom is -0.481 e. The lowest BCUT2D eigenvalue weighted by Crippen LogP contribution is -2.44. The van der Waals surface area contributed by atoms with E-state index < -0.39 is 5.97 Å². The molecule has 1 saturated heterocycles. The summed E-state index contributed by atoms with van der Waals surface area (Å²) in [6, 6.07) is 10.7. The van der Waals surface area contributed by atoms with Gasteiger partial charge in [-0.2, -0.15) is 0 Å². The first kappa shape index (κ1) is 14.0. The fraction of sp³-hybridized carbons (Fsp3) is 0.533. The van der Waals surface area contributed by atoms with Gasteiger partial charge in [-0.05, 0) is 12.0 Å². The van der Waals surface area contributed by atoms with Crippen LogP contribution in [0.5, 0.6) is 0 Å². The monoisotopic (exact) mass is 263 g/mol. The summed E-state index contributed by atoms with van der Waals surface area (Å²) in [7, 11) is 0. The Bertz CT molecular complexity index is 407. The van der Waals surface area contributed by atoms with Gasteiger partial charge in [0.2, 0.25) is 0 Å². The summed E-state index contributed by atoms with van der Waals surface area (Å²) in [5.41, 5.74) is 1.29. The number of morpholine rings is 1. The van der Waals surface area contributed by atoms with E-state index >= 15 is 0 Å². The number of carbonyl (C=O) groups is 1. The summed E-state index contributed by atoms with van der Waals surface area (Å²) in [5, 5.41) is 8.87. The molecule has 0 spiro atoms. The van der Waals surface area contributed by atoms with E-state index in [0.717, 1.165) is 13.0 Å². The molecule has 4 heteroatoms. The second-order valence-electron chi connectivity index (χ2n) is 4.92. The van der Waals surface area contributed by atoms with Gasteiger partial charge >= 0.3 is 5.97 Å². The van der Waals surface area contributed by atoms with Crippen LogP contribution in [0.3, 0.4) is 0 Å². The highest BCUT2D eigenvalue weighted by atomic mass is 16.5. The molecule has 2 atom stereocenters. The number of rotatable bonds is 5. The maximum atomic E-state index is 10.8. The molecule has 0 bridgehead atoms. The molecule has 0 radical (unpaired) electrons. The van der Waals surface area contributed by atoms with Crippen molar-refractivity contribution in [3.05, 3.63) is 35.9 Å². The van der Waals surface area contributed by atoms with Crippen molar-refractivity contribution in [2.75, 3.05) is 19.7 Å². The van der Waals surface area contributed by atoms with Crippen molar-refractivity contribution in [1.29, 1.82) is 0 Å². The van der Waals surface area contributed by atoms with Gasteiger partial charge in [0.1, 0.15) is 0 Å². The van der Waals surface area contributed by atoms with Crippen LogP contribution < -0.4 is 0 Å². The number of ether oxygens (including phenoxy) is 1. The lowest BCUT2D eigenvalue weighted by Gasteiger charge is -2.37. The Morgan fingerprint density at radius 1 is 1.47 bits per heavy atom. The zero-order valence-corrected chi connectivity index (χ0v) is 11.3. The van der Waals surface area contributed by atoms with Crippen LogP contribution in [-0.2, 0) is 9.53 Å². The molecule has 1 heterocycles. The van der Waals surface area contributed by atoms with Crippen molar-refractivity contribution < 1.29 is 14.6 Å². The molecule has 1 aromatic rings. The molecule has 2 unspecified atom stereocenters. The molecule has 1 N–H and O–H groups in total. The summed E-state index contributed by atoms with van der Waals surface area (Å²) in [6.07, 6.45) is 0.912. The van der Waals surface area contributed by atoms with Crippen LogP contribution in [0.1, 0.15) is 31.4 Å². The summed E-state index contributed by atoms with van der Waals surface area (Å²) >= 11 is 0. The highest BCUT2D eigenvalue weighted by molar-refractivity contribution is 5.67. The third-order valence-electron chi connectivity index (χ3n) is 3.58. The zero-order valence-electron chi connectivity index (χ0n) is 11.3. The molecule has 0 aliphatic carbocycles. The van der Waals surface area contributed by atoms with Crippen molar-refractivity contribution in [2.45, 2.75) is 31.9 Å². The fourth-order valence-corrected chi connectivity index (χ4v) is 2.72. The third-order valence-corrected chi connectivity index (χ3v) is 3.58. The fourth-order valence-electron chi connectivity index (χ4n) is 2.72. The first-order chi connectivity index (χ1) is 9.20. The third kappa shape index (κ3) is 3.78. The van der Waals surface area contributed by atoms with E-state index in [4.69, 9.17) is 9.84 Å². The first-order valence-corrected chi connectivity index (χ1v) is 6.83. The molecule has 1 aliphatic heterocycles. The van der Waals surface area contributed by atoms with Gasteiger partial charge in [-0.3, -0.25) is 9.69 Å². The van der Waals surface area contributed by atoms with Crippen LogP contribution in [-0.4, -0.2) is 41.8 Å². The average Bonchev–Trinajstić information content (AvgIpc) is 2.40. The molecule has 4 nitrogen and oxygen atoms in total. The van der Waals surface area contributed by atoms with Gasteiger partial charge in [-0.25, -0.2) is 0 Å². The second kappa shape index (κ2) is 6.68. The van der Waals surface area contributed by atoms with Gasteiger partial charge in [-0.1, -0.05) is 37.3 Å². The molecular formula is C15H21NO3. The smallest absolute Gasteiger partial charge is 0.306 e. The Kier molecular flexibility index (Phi) is 4.93. The summed E-state index contributed by atoms with van der Waals surface area (Å²) in [5.74, 6) is -0.792. The molecule has 0 saturated carbocycles. The van der Waals surface area contributed by atoms with E-state index in [-0.39, 0.29) is 12.5 Å². The van der Waals surface area contributed by atoms with Gasteiger partial charge in [0, 0.05) is 19.1 Å². The first-order valence-electron chi connectivity index (χ1n) is 6.83. The Morgan fingerprint density at radius 3 is 2.84 bits per heavy atom. The van der Waals surface area contributed by atoms with Gasteiger partial charge in [-0.15, -0.1) is 0 Å². The van der Waals surface area contributed by atoms with Crippen molar-refractivity contribution in [3.8, 4) is 0 Å². The maximum absolute atomic E-state index is 10.8. The number of benzene rings is 1. The van der Waals surface area contributed by atoms with Crippen LogP contribution >= 0.6 is 0 Å². The van der Waals surface area contributed by atoms with Crippen molar-refractivity contribution >= 4 is 5.97 Å². The van der Waals surface area contributed by atoms with E-state index in [1.807, 2.05) is 18.2 Å². The summed E-state index contributed by atoms with van der Waals surface area (Å²) in [6.45, 7) is 4.34. The standard InChI is InChI=1S/C15H21NO3/c1-2-14(12-6-4-3-5-7-12)16-8-9-19-13(11-16)10-15(17)18/h3-7,13-14H,2,8-11H2,1H3,(H,17,18). The highest BCUT2D eigenvalue weighted by Gasteiger charge is 2.27. The van der Waals surface area contributed by atoms with E-state index in [1.54, 1.807) is 0 Å². The molecule has 104 valence electrons. The van der Waals surface area contributed by atoms with Crippen LogP contribution in [0.25, 0.3) is 0 Å². The molecular weight excluding hydrogens is 242 g/mol. The topological polar surface area (TPSA) is 49.8 Å². The number of hydrogen-bond acceptors (Lipinski definition) is 3. The van der Waals surface area contributed by atoms with E-state index in [2.05, 4.69) is 24.0 Å². The van der Waals surface area contributed by atoms with Crippen molar-refractivity contribution in [1.82, 2.24) is 4.90 Å². The summed E-state index contributed by atoms with van der Waals surface area (Å²) in [4.78, 5) is 13.1. The SMILES string of the molecule is CCC(c1ccccc1)N1CCOC(CC(=O)O)C1.